The number of carbonyl (C=O) groups is 2. The molecule has 2 heterocycles. The highest BCUT2D eigenvalue weighted by Crippen LogP contribution is 2.18. The molecule has 164 valence electrons. The first-order valence-corrected chi connectivity index (χ1v) is 10.5. The Morgan fingerprint density at radius 1 is 0.793 bits per heavy atom. The first-order valence-electron chi connectivity index (χ1n) is 10.5. The third-order valence-electron chi connectivity index (χ3n) is 4.58. The van der Waals surface area contributed by atoms with Gasteiger partial charge in [-0.1, -0.05) is 0 Å². The Morgan fingerprint density at radius 2 is 1.17 bits per heavy atom. The Bertz CT molecular complexity index is 592. The van der Waals surface area contributed by atoms with E-state index in [1.54, 1.807) is 9.80 Å². The summed E-state index contributed by atoms with van der Waals surface area (Å²) in [7, 11) is 0. The molecule has 2 rings (SSSR count). The topological polar surface area (TPSA) is 83.8 Å². The van der Waals surface area contributed by atoms with E-state index in [0.29, 0.717) is 26.2 Å². The van der Waals surface area contributed by atoms with E-state index in [9.17, 15) is 9.59 Å². The lowest BCUT2D eigenvalue weighted by Crippen LogP contribution is -2.44. The molecule has 0 spiro atoms. The molecule has 2 aliphatic rings. The SMILES string of the molecule is CC(C)(C)OC(=O)N1CCC[C@@H](N=C=N[C@@H]2CCCN(C(=O)OC(C)(C)C)C2)C1. The van der Waals surface area contributed by atoms with Gasteiger partial charge in [-0.3, -0.25) is 0 Å². The molecule has 2 aliphatic heterocycles. The predicted octanol–water partition coefficient (Wildman–Crippen LogP) is 3.96. The molecule has 0 bridgehead atoms. The van der Waals surface area contributed by atoms with Gasteiger partial charge < -0.3 is 19.3 Å². The van der Waals surface area contributed by atoms with Crippen LogP contribution in [0, 0.1) is 0 Å². The van der Waals surface area contributed by atoms with E-state index in [0.717, 1.165) is 25.7 Å². The molecule has 0 unspecified atom stereocenters. The lowest BCUT2D eigenvalue weighted by Gasteiger charge is -2.32. The molecule has 2 atom stereocenters. The van der Waals surface area contributed by atoms with Crippen LogP contribution in [-0.4, -0.2) is 77.5 Å². The van der Waals surface area contributed by atoms with Crippen molar-refractivity contribution in [2.45, 2.75) is 90.5 Å². The minimum Gasteiger partial charge on any atom is -0.444 e. The molecule has 0 aromatic carbocycles. The van der Waals surface area contributed by atoms with Crippen LogP contribution in [0.2, 0.25) is 0 Å². The number of likely N-dealkylation sites (tertiary alicyclic amines) is 2. The van der Waals surface area contributed by atoms with Crippen molar-refractivity contribution in [2.24, 2.45) is 9.98 Å². The molecule has 0 aromatic heterocycles. The highest BCUT2D eigenvalue weighted by Gasteiger charge is 2.28. The van der Waals surface area contributed by atoms with Crippen molar-refractivity contribution in [3.63, 3.8) is 0 Å². The summed E-state index contributed by atoms with van der Waals surface area (Å²) in [5, 5.41) is 0. The molecular weight excluding hydrogens is 372 g/mol. The second-order valence-electron chi connectivity index (χ2n) is 9.80. The smallest absolute Gasteiger partial charge is 0.410 e. The number of ether oxygens (including phenoxy) is 2. The van der Waals surface area contributed by atoms with Crippen LogP contribution < -0.4 is 0 Å². The molecule has 2 fully saturated rings. The largest absolute Gasteiger partial charge is 0.444 e. The maximum atomic E-state index is 12.2. The molecule has 0 aromatic rings. The summed E-state index contributed by atoms with van der Waals surface area (Å²) in [6.45, 7) is 13.6. The molecule has 0 N–H and O–H groups in total. The lowest BCUT2D eigenvalue weighted by atomic mass is 10.1. The van der Waals surface area contributed by atoms with Gasteiger partial charge >= 0.3 is 12.2 Å². The summed E-state index contributed by atoms with van der Waals surface area (Å²) in [4.78, 5) is 36.8. The van der Waals surface area contributed by atoms with Gasteiger partial charge in [-0.2, -0.15) is 0 Å². The minimum absolute atomic E-state index is 0.0226. The number of carbonyl (C=O) groups excluding carboxylic acids is 2. The van der Waals surface area contributed by atoms with Gasteiger partial charge in [0.2, 0.25) is 0 Å². The van der Waals surface area contributed by atoms with Crippen molar-refractivity contribution in [3.05, 3.63) is 0 Å². The van der Waals surface area contributed by atoms with Gasteiger partial charge in [0.25, 0.3) is 0 Å². The Morgan fingerprint density at radius 3 is 1.52 bits per heavy atom. The molecule has 0 aliphatic carbocycles. The van der Waals surface area contributed by atoms with E-state index in [1.165, 1.54) is 0 Å². The number of piperidine rings is 2. The van der Waals surface area contributed by atoms with Crippen molar-refractivity contribution < 1.29 is 19.1 Å². The van der Waals surface area contributed by atoms with Crippen LogP contribution in [0.4, 0.5) is 9.59 Å². The lowest BCUT2D eigenvalue weighted by molar-refractivity contribution is 0.0193. The highest BCUT2D eigenvalue weighted by molar-refractivity contribution is 5.68. The van der Waals surface area contributed by atoms with E-state index in [-0.39, 0.29) is 24.3 Å². The third kappa shape index (κ3) is 8.44. The summed E-state index contributed by atoms with van der Waals surface area (Å²) in [6.07, 6.45) is 2.97. The average molecular weight is 409 g/mol. The van der Waals surface area contributed by atoms with Crippen LogP contribution in [0.1, 0.15) is 67.2 Å². The molecule has 0 radical (unpaired) electrons. The van der Waals surface area contributed by atoms with Crippen molar-refractivity contribution >= 4 is 18.2 Å². The fraction of sp³-hybridized carbons (Fsp3) is 0.857. The van der Waals surface area contributed by atoms with Gasteiger partial charge in [0.1, 0.15) is 11.2 Å². The normalized spacial score (nSPS) is 23.1. The molecule has 29 heavy (non-hydrogen) atoms. The van der Waals surface area contributed by atoms with Crippen LogP contribution in [0.15, 0.2) is 9.98 Å². The zero-order chi connectivity index (χ0) is 21.7. The van der Waals surface area contributed by atoms with E-state index < -0.39 is 11.2 Å². The summed E-state index contributed by atoms with van der Waals surface area (Å²) >= 11 is 0. The van der Waals surface area contributed by atoms with E-state index in [2.05, 4.69) is 16.0 Å². The second kappa shape index (κ2) is 9.61. The number of aliphatic imine (C=N–C) groups is 2. The van der Waals surface area contributed by atoms with Gasteiger partial charge in [-0.15, -0.1) is 0 Å². The Balaban J connectivity index is 1.88. The minimum atomic E-state index is -0.504. The molecular formula is C21H36N4O4. The van der Waals surface area contributed by atoms with Crippen molar-refractivity contribution in [2.75, 3.05) is 26.2 Å². The van der Waals surface area contributed by atoms with Crippen LogP contribution in [0.3, 0.4) is 0 Å². The standard InChI is InChI=1S/C21H36N4O4/c1-20(2,3)28-18(26)24-11-7-9-16(13-24)22-15-23-17-10-8-12-25(14-17)19(27)29-21(4,5)6/h16-17H,7-14H2,1-6H3/t16-,17-/m1/s1. The van der Waals surface area contributed by atoms with Crippen LogP contribution >= 0.6 is 0 Å². The monoisotopic (exact) mass is 408 g/mol. The van der Waals surface area contributed by atoms with Crippen molar-refractivity contribution in [3.8, 4) is 0 Å². The molecule has 2 saturated heterocycles. The summed E-state index contributed by atoms with van der Waals surface area (Å²) in [5.41, 5.74) is -1.01. The molecule has 8 nitrogen and oxygen atoms in total. The molecule has 0 saturated carbocycles. The number of amides is 2. The van der Waals surface area contributed by atoms with Crippen LogP contribution in [0.25, 0.3) is 0 Å². The van der Waals surface area contributed by atoms with Crippen molar-refractivity contribution in [1.29, 1.82) is 0 Å². The quantitative estimate of drug-likeness (QED) is 0.648. The maximum absolute atomic E-state index is 12.2. The first-order chi connectivity index (χ1) is 13.4. The zero-order valence-electron chi connectivity index (χ0n) is 18.7. The first kappa shape index (κ1) is 23.2. The van der Waals surface area contributed by atoms with Gasteiger partial charge in [0.15, 0.2) is 0 Å². The Labute approximate surface area is 174 Å². The van der Waals surface area contributed by atoms with Crippen LogP contribution in [-0.2, 0) is 9.47 Å². The number of nitrogens with zero attached hydrogens (tertiary/aromatic N) is 4. The van der Waals surface area contributed by atoms with E-state index >= 15 is 0 Å². The summed E-state index contributed by atoms with van der Waals surface area (Å²) < 4.78 is 10.9. The number of hydrogen-bond donors (Lipinski definition) is 0. The average Bonchev–Trinajstić information content (AvgIpc) is 2.59. The van der Waals surface area contributed by atoms with Gasteiger partial charge in [0, 0.05) is 26.2 Å². The molecule has 8 heteroatoms. The number of hydrogen-bond acceptors (Lipinski definition) is 6. The predicted molar refractivity (Wildman–Crippen MR) is 112 cm³/mol. The Kier molecular flexibility index (Phi) is 7.69. The van der Waals surface area contributed by atoms with E-state index in [4.69, 9.17) is 9.47 Å². The fourth-order valence-electron chi connectivity index (χ4n) is 3.30. The highest BCUT2D eigenvalue weighted by atomic mass is 16.6. The number of rotatable bonds is 2. The third-order valence-corrected chi connectivity index (χ3v) is 4.58. The molecule has 2 amide bonds. The maximum Gasteiger partial charge on any atom is 0.410 e. The summed E-state index contributed by atoms with van der Waals surface area (Å²) in [6, 6.07) is 2.79. The Hall–Kier alpha value is -2.08. The van der Waals surface area contributed by atoms with Crippen LogP contribution in [0.5, 0.6) is 0 Å². The summed E-state index contributed by atoms with van der Waals surface area (Å²) in [5.74, 6) is 0. The van der Waals surface area contributed by atoms with Gasteiger partial charge in [-0.05, 0) is 67.2 Å². The fourth-order valence-corrected chi connectivity index (χ4v) is 3.30. The van der Waals surface area contributed by atoms with Crippen molar-refractivity contribution in [1.82, 2.24) is 9.80 Å². The van der Waals surface area contributed by atoms with Gasteiger partial charge in [0.05, 0.1) is 18.1 Å². The zero-order valence-corrected chi connectivity index (χ0v) is 18.7. The van der Waals surface area contributed by atoms with E-state index in [1.807, 2.05) is 41.5 Å². The van der Waals surface area contributed by atoms with Gasteiger partial charge in [-0.25, -0.2) is 19.6 Å². The second-order valence-corrected chi connectivity index (χ2v) is 9.80.